The molecule has 2 aromatic heterocycles. The summed E-state index contributed by atoms with van der Waals surface area (Å²) in [6.07, 6.45) is 4.40. The molecule has 2 N–H and O–H groups in total. The summed E-state index contributed by atoms with van der Waals surface area (Å²) in [5, 5.41) is 28.2. The molecule has 0 bridgehead atoms. The van der Waals surface area contributed by atoms with E-state index in [0.717, 1.165) is 17.5 Å². The quantitative estimate of drug-likeness (QED) is 0.717. The number of pyridine rings is 1. The van der Waals surface area contributed by atoms with Crippen molar-refractivity contribution in [1.29, 1.82) is 5.26 Å². The van der Waals surface area contributed by atoms with E-state index in [-0.39, 0.29) is 17.5 Å². The predicted octanol–water partition coefficient (Wildman–Crippen LogP) is 3.60. The van der Waals surface area contributed by atoms with Crippen LogP contribution in [0.1, 0.15) is 29.8 Å². The minimum Gasteiger partial charge on any atom is -0.505 e. The highest BCUT2D eigenvalue weighted by molar-refractivity contribution is 5.91. The van der Waals surface area contributed by atoms with Crippen LogP contribution in [0.5, 0.6) is 11.5 Å². The van der Waals surface area contributed by atoms with Gasteiger partial charge in [-0.2, -0.15) is 5.26 Å². The fraction of sp³-hybridized carbons (Fsp3) is 0.150. The number of hydrogen-bond donors (Lipinski definition) is 2. The van der Waals surface area contributed by atoms with E-state index in [4.69, 9.17) is 9.84 Å². The zero-order chi connectivity index (χ0) is 19.6. The van der Waals surface area contributed by atoms with Gasteiger partial charge in [-0.05, 0) is 37.6 Å². The number of ether oxygens (including phenoxy) is 1. The van der Waals surface area contributed by atoms with Crippen LogP contribution in [0.3, 0.4) is 0 Å². The maximum Gasteiger partial charge on any atom is 0.339 e. The number of benzene rings is 1. The summed E-state index contributed by atoms with van der Waals surface area (Å²) < 4.78 is 7.18. The Kier molecular flexibility index (Phi) is 4.81. The Morgan fingerprint density at radius 1 is 1.26 bits per heavy atom. The summed E-state index contributed by atoms with van der Waals surface area (Å²) in [6.45, 7) is 3.88. The van der Waals surface area contributed by atoms with Crippen LogP contribution in [-0.2, 0) is 0 Å². The fourth-order valence-corrected chi connectivity index (χ4v) is 2.64. The summed E-state index contributed by atoms with van der Waals surface area (Å²) in [5.41, 5.74) is 1.65. The van der Waals surface area contributed by atoms with Gasteiger partial charge in [0.15, 0.2) is 0 Å². The molecule has 0 atom stereocenters. The third-order valence-corrected chi connectivity index (χ3v) is 3.85. The lowest BCUT2D eigenvalue weighted by Gasteiger charge is -2.09. The van der Waals surface area contributed by atoms with E-state index in [1.165, 1.54) is 6.07 Å². The van der Waals surface area contributed by atoms with Gasteiger partial charge in [-0.1, -0.05) is 12.1 Å². The minimum atomic E-state index is -1.26. The number of aromatic nitrogens is 2. The smallest absolute Gasteiger partial charge is 0.339 e. The van der Waals surface area contributed by atoms with Gasteiger partial charge in [-0.25, -0.2) is 9.78 Å². The Balaban J connectivity index is 2.00. The van der Waals surface area contributed by atoms with Crippen molar-refractivity contribution in [2.45, 2.75) is 20.0 Å². The van der Waals surface area contributed by atoms with Crippen LogP contribution in [-0.4, -0.2) is 31.8 Å². The normalized spacial score (nSPS) is 10.6. The van der Waals surface area contributed by atoms with Crippen LogP contribution in [0.15, 0.2) is 48.9 Å². The molecule has 0 spiro atoms. The maximum absolute atomic E-state index is 11.2. The molecule has 2 heterocycles. The molecule has 7 heteroatoms. The summed E-state index contributed by atoms with van der Waals surface area (Å²) in [7, 11) is 0. The highest BCUT2D eigenvalue weighted by Gasteiger charge is 2.15. The molecule has 0 aliphatic heterocycles. The van der Waals surface area contributed by atoms with E-state index in [1.807, 2.05) is 38.1 Å². The predicted molar refractivity (Wildman–Crippen MR) is 98.1 cm³/mol. The van der Waals surface area contributed by atoms with Crippen LogP contribution < -0.4 is 4.74 Å². The van der Waals surface area contributed by atoms with Gasteiger partial charge in [-0.15, -0.1) is 0 Å². The van der Waals surface area contributed by atoms with Gasteiger partial charge in [0.1, 0.15) is 28.9 Å². The number of rotatable bonds is 5. The molecule has 7 nitrogen and oxygen atoms in total. The molecule has 3 rings (SSSR count). The summed E-state index contributed by atoms with van der Waals surface area (Å²) >= 11 is 0. The number of nitriles is 1. The number of carbonyl (C=O) groups is 1. The average molecular weight is 363 g/mol. The molecule has 0 unspecified atom stereocenters. The molecule has 1 aromatic carbocycles. The summed E-state index contributed by atoms with van der Waals surface area (Å²) in [6, 6.07) is 10.7. The van der Waals surface area contributed by atoms with Crippen LogP contribution in [0, 0.1) is 11.3 Å². The van der Waals surface area contributed by atoms with Crippen molar-refractivity contribution in [2.75, 3.05) is 0 Å². The van der Waals surface area contributed by atoms with Gasteiger partial charge in [-0.3, -0.25) is 0 Å². The lowest BCUT2D eigenvalue weighted by Crippen LogP contribution is -2.05. The number of carboxylic acids is 1. The highest BCUT2D eigenvalue weighted by atomic mass is 16.5. The Morgan fingerprint density at radius 3 is 2.56 bits per heavy atom. The van der Waals surface area contributed by atoms with E-state index in [1.54, 1.807) is 17.0 Å². The molecular formula is C20H17N3O4. The highest BCUT2D eigenvalue weighted by Crippen LogP contribution is 2.28. The molecule has 0 amide bonds. The number of carboxylic acid groups (broad SMARTS) is 1. The summed E-state index contributed by atoms with van der Waals surface area (Å²) in [5.74, 6) is -0.657. The first kappa shape index (κ1) is 18.0. The zero-order valence-electron chi connectivity index (χ0n) is 14.7. The number of nitrogens with zero attached hydrogens (tertiary/aromatic N) is 3. The van der Waals surface area contributed by atoms with E-state index >= 15 is 0 Å². The summed E-state index contributed by atoms with van der Waals surface area (Å²) in [4.78, 5) is 15.2. The van der Waals surface area contributed by atoms with E-state index in [9.17, 15) is 15.2 Å². The number of hydrogen-bond acceptors (Lipinski definition) is 5. The fourth-order valence-electron chi connectivity index (χ4n) is 2.64. The van der Waals surface area contributed by atoms with Crippen molar-refractivity contribution in [3.8, 4) is 34.5 Å². The standard InChI is InChI=1S/C20H17N3O4/c1-12(2)27-15-5-3-13(4-6-15)17-11-23(10-14(17)8-21)19-7-16(20(25)26)18(24)9-22-19/h3-7,9-12,24H,1-2H3,(H,25,26). The van der Waals surface area contributed by atoms with Crippen LogP contribution >= 0.6 is 0 Å². The second kappa shape index (κ2) is 7.22. The van der Waals surface area contributed by atoms with Crippen molar-refractivity contribution in [1.82, 2.24) is 9.55 Å². The number of aromatic carboxylic acids is 1. The van der Waals surface area contributed by atoms with Gasteiger partial charge in [0.2, 0.25) is 0 Å². The van der Waals surface area contributed by atoms with Gasteiger partial charge < -0.3 is 19.5 Å². The number of aromatic hydroxyl groups is 1. The molecule has 0 saturated carbocycles. The Labute approximate surface area is 155 Å². The van der Waals surface area contributed by atoms with Crippen molar-refractivity contribution < 1.29 is 19.7 Å². The first-order valence-electron chi connectivity index (χ1n) is 8.21. The van der Waals surface area contributed by atoms with Crippen molar-refractivity contribution in [3.63, 3.8) is 0 Å². The molecule has 0 radical (unpaired) electrons. The van der Waals surface area contributed by atoms with Crippen molar-refractivity contribution in [2.24, 2.45) is 0 Å². The topological polar surface area (TPSA) is 108 Å². The first-order chi connectivity index (χ1) is 12.9. The van der Waals surface area contributed by atoms with Crippen LogP contribution in [0.4, 0.5) is 0 Å². The maximum atomic E-state index is 11.2. The van der Waals surface area contributed by atoms with Crippen LogP contribution in [0.2, 0.25) is 0 Å². The van der Waals surface area contributed by atoms with Crippen molar-refractivity contribution >= 4 is 5.97 Å². The molecule has 0 aliphatic carbocycles. The average Bonchev–Trinajstić information content (AvgIpc) is 3.06. The first-order valence-corrected chi connectivity index (χ1v) is 8.21. The van der Waals surface area contributed by atoms with Gasteiger partial charge in [0.25, 0.3) is 0 Å². The Bertz CT molecular complexity index is 1030. The third-order valence-electron chi connectivity index (χ3n) is 3.85. The van der Waals surface area contributed by atoms with Gasteiger partial charge in [0, 0.05) is 18.0 Å². The van der Waals surface area contributed by atoms with Gasteiger partial charge in [0.05, 0.1) is 17.9 Å². The van der Waals surface area contributed by atoms with E-state index < -0.39 is 11.7 Å². The molecular weight excluding hydrogens is 346 g/mol. The SMILES string of the molecule is CC(C)Oc1ccc(-c2cn(-c3cc(C(=O)O)c(O)cn3)cc2C#N)cc1. The molecule has 136 valence electrons. The van der Waals surface area contributed by atoms with E-state index in [2.05, 4.69) is 11.1 Å². The van der Waals surface area contributed by atoms with Gasteiger partial charge >= 0.3 is 5.97 Å². The largest absolute Gasteiger partial charge is 0.505 e. The molecule has 0 aliphatic rings. The second-order valence-electron chi connectivity index (χ2n) is 6.16. The van der Waals surface area contributed by atoms with E-state index in [0.29, 0.717) is 11.1 Å². The monoisotopic (exact) mass is 363 g/mol. The second-order valence-corrected chi connectivity index (χ2v) is 6.16. The lowest BCUT2D eigenvalue weighted by atomic mass is 10.1. The Hall–Kier alpha value is -3.79. The molecule has 0 saturated heterocycles. The van der Waals surface area contributed by atoms with Crippen molar-refractivity contribution in [3.05, 3.63) is 60.0 Å². The minimum absolute atomic E-state index is 0.0654. The molecule has 0 fully saturated rings. The molecule has 27 heavy (non-hydrogen) atoms. The lowest BCUT2D eigenvalue weighted by molar-refractivity contribution is 0.0693. The third kappa shape index (κ3) is 3.75. The molecule has 3 aromatic rings. The Morgan fingerprint density at radius 2 is 1.96 bits per heavy atom. The van der Waals surface area contributed by atoms with Crippen LogP contribution in [0.25, 0.3) is 16.9 Å². The zero-order valence-corrected chi connectivity index (χ0v) is 14.7.